The van der Waals surface area contributed by atoms with Crippen molar-refractivity contribution >= 4 is 29.0 Å². The molecule has 5 rings (SSSR count). The van der Waals surface area contributed by atoms with Gasteiger partial charge in [0.15, 0.2) is 0 Å². The fourth-order valence-electron chi connectivity index (χ4n) is 4.68. The number of nitrogens with zero attached hydrogens (tertiary/aromatic N) is 4. The average molecular weight is 517 g/mol. The van der Waals surface area contributed by atoms with Gasteiger partial charge in [-0.3, -0.25) is 9.69 Å². The lowest BCUT2D eigenvalue weighted by molar-refractivity contribution is 0.102. The Morgan fingerprint density at radius 2 is 2.08 bits per heavy atom. The van der Waals surface area contributed by atoms with Crippen LogP contribution in [0.15, 0.2) is 65.9 Å². The van der Waals surface area contributed by atoms with Crippen LogP contribution in [0.5, 0.6) is 0 Å². The fraction of sp³-hybridized carbons (Fsp3) is 0.259. The Hall–Kier alpha value is -4.02. The zero-order valence-corrected chi connectivity index (χ0v) is 21.2. The Morgan fingerprint density at radius 3 is 2.84 bits per heavy atom. The number of rotatable bonds is 7. The number of piperidine rings is 1. The molecule has 0 saturated carbocycles. The van der Waals surface area contributed by atoms with E-state index in [4.69, 9.17) is 5.11 Å². The molecule has 0 bridgehead atoms. The van der Waals surface area contributed by atoms with Gasteiger partial charge in [0.05, 0.1) is 23.2 Å². The molecule has 2 aromatic heterocycles. The molecule has 0 spiro atoms. The lowest BCUT2D eigenvalue weighted by Gasteiger charge is -2.32. The van der Waals surface area contributed by atoms with E-state index in [1.807, 2.05) is 53.4 Å². The first kappa shape index (κ1) is 24.7. The van der Waals surface area contributed by atoms with E-state index in [0.717, 1.165) is 47.6 Å². The van der Waals surface area contributed by atoms with Gasteiger partial charge < -0.3 is 20.3 Å². The van der Waals surface area contributed by atoms with Crippen LogP contribution in [0.1, 0.15) is 34.5 Å². The summed E-state index contributed by atoms with van der Waals surface area (Å²) in [5, 5.41) is 16.7. The van der Waals surface area contributed by atoms with E-state index < -0.39 is 6.09 Å². The van der Waals surface area contributed by atoms with Crippen LogP contribution in [0.2, 0.25) is 0 Å². The predicted octanol–water partition coefficient (Wildman–Crippen LogP) is 4.79. The molecule has 4 aromatic rings. The van der Waals surface area contributed by atoms with Gasteiger partial charge in [0.1, 0.15) is 0 Å². The van der Waals surface area contributed by atoms with Gasteiger partial charge >= 0.3 is 6.09 Å². The first-order chi connectivity index (χ1) is 17.9. The van der Waals surface area contributed by atoms with E-state index >= 15 is 0 Å². The number of aromatic nitrogens is 3. The summed E-state index contributed by atoms with van der Waals surface area (Å²) in [5.41, 5.74) is 7.55. The van der Waals surface area contributed by atoms with Crippen molar-refractivity contribution in [3.05, 3.63) is 82.7 Å². The molecule has 0 radical (unpaired) electrons. The third-order valence-electron chi connectivity index (χ3n) is 6.34. The quantitative estimate of drug-likeness (QED) is 0.326. The maximum atomic E-state index is 13.2. The van der Waals surface area contributed by atoms with Gasteiger partial charge in [-0.1, -0.05) is 12.1 Å². The second-order valence-electron chi connectivity index (χ2n) is 9.24. The molecule has 9 nitrogen and oxygen atoms in total. The van der Waals surface area contributed by atoms with Crippen LogP contribution < -0.4 is 10.6 Å². The number of carbonyl (C=O) groups is 2. The highest BCUT2D eigenvalue weighted by atomic mass is 32.1. The number of amides is 2. The topological polar surface area (TPSA) is 112 Å². The van der Waals surface area contributed by atoms with Crippen molar-refractivity contribution in [1.29, 1.82) is 0 Å². The number of benzene rings is 2. The maximum absolute atomic E-state index is 13.2. The van der Waals surface area contributed by atoms with E-state index in [9.17, 15) is 9.59 Å². The minimum Gasteiger partial charge on any atom is -0.465 e. The number of aryl methyl sites for hydroxylation is 1. The first-order valence-electron chi connectivity index (χ1n) is 12.1. The summed E-state index contributed by atoms with van der Waals surface area (Å²) in [6.45, 7) is 4.10. The molecular formula is C27H28N6O3S. The fourth-order valence-corrected chi connectivity index (χ4v) is 5.24. The molecule has 1 atom stereocenters. The lowest BCUT2D eigenvalue weighted by atomic mass is 10.0. The molecule has 37 heavy (non-hydrogen) atoms. The van der Waals surface area contributed by atoms with Crippen molar-refractivity contribution in [2.24, 2.45) is 0 Å². The van der Waals surface area contributed by atoms with E-state index in [2.05, 4.69) is 31.6 Å². The summed E-state index contributed by atoms with van der Waals surface area (Å²) in [6.07, 6.45) is 4.46. The zero-order chi connectivity index (χ0) is 25.8. The van der Waals surface area contributed by atoms with Crippen molar-refractivity contribution in [2.75, 3.05) is 18.4 Å². The van der Waals surface area contributed by atoms with Crippen molar-refractivity contribution < 1.29 is 14.7 Å². The van der Waals surface area contributed by atoms with Crippen molar-refractivity contribution in [3.63, 3.8) is 0 Å². The molecule has 1 fully saturated rings. The van der Waals surface area contributed by atoms with E-state index in [0.29, 0.717) is 24.3 Å². The molecule has 190 valence electrons. The summed E-state index contributed by atoms with van der Waals surface area (Å²) in [7, 11) is 0. The van der Waals surface area contributed by atoms with Crippen molar-refractivity contribution in [2.45, 2.75) is 32.4 Å². The molecule has 2 amide bonds. The van der Waals surface area contributed by atoms with Gasteiger partial charge in [-0.15, -0.1) is 11.3 Å². The van der Waals surface area contributed by atoms with Gasteiger partial charge in [-0.25, -0.2) is 14.8 Å². The first-order valence-corrected chi connectivity index (χ1v) is 13.0. The van der Waals surface area contributed by atoms with Crippen molar-refractivity contribution in [3.8, 4) is 16.9 Å². The minimum absolute atomic E-state index is 0.0881. The van der Waals surface area contributed by atoms with Gasteiger partial charge in [0.25, 0.3) is 5.91 Å². The summed E-state index contributed by atoms with van der Waals surface area (Å²) in [4.78, 5) is 35.2. The summed E-state index contributed by atoms with van der Waals surface area (Å²) in [5.74, 6) is -0.203. The third kappa shape index (κ3) is 6.22. The molecule has 0 aliphatic carbocycles. The van der Waals surface area contributed by atoms with Crippen LogP contribution in [0.25, 0.3) is 16.9 Å². The van der Waals surface area contributed by atoms with E-state index in [1.165, 1.54) is 11.3 Å². The number of carbonyl (C=O) groups excluding carboxylic acids is 1. The molecule has 1 saturated heterocycles. The Kier molecular flexibility index (Phi) is 7.29. The summed E-state index contributed by atoms with van der Waals surface area (Å²) in [6, 6.07) is 13.3. The second kappa shape index (κ2) is 10.9. The number of carboxylic acid groups (broad SMARTS) is 1. The third-order valence-corrected chi connectivity index (χ3v) is 6.92. The molecule has 3 heterocycles. The number of imidazole rings is 1. The number of hydrogen-bond donors (Lipinski definition) is 3. The summed E-state index contributed by atoms with van der Waals surface area (Å²) >= 11 is 1.52. The number of anilines is 1. The Morgan fingerprint density at radius 1 is 1.19 bits per heavy atom. The molecule has 1 aliphatic heterocycles. The summed E-state index contributed by atoms with van der Waals surface area (Å²) < 4.78 is 1.93. The smallest absolute Gasteiger partial charge is 0.404 e. The molecular weight excluding hydrogens is 488 g/mol. The zero-order valence-electron chi connectivity index (χ0n) is 20.4. The molecule has 2 aromatic carbocycles. The highest BCUT2D eigenvalue weighted by Crippen LogP contribution is 2.24. The minimum atomic E-state index is -0.992. The average Bonchev–Trinajstić information content (AvgIpc) is 3.56. The Bertz CT molecular complexity index is 1400. The number of likely N-dealkylation sites (tertiary alicyclic amines) is 1. The largest absolute Gasteiger partial charge is 0.465 e. The maximum Gasteiger partial charge on any atom is 0.404 e. The molecule has 3 N–H and O–H groups in total. The Balaban J connectivity index is 1.39. The second-order valence-corrected chi connectivity index (χ2v) is 9.96. The normalized spacial score (nSPS) is 15.9. The number of nitrogens with one attached hydrogen (secondary N) is 2. The van der Waals surface area contributed by atoms with Crippen molar-refractivity contribution in [1.82, 2.24) is 24.8 Å². The molecule has 10 heteroatoms. The predicted molar refractivity (Wildman–Crippen MR) is 143 cm³/mol. The number of thiazole rings is 1. The van der Waals surface area contributed by atoms with E-state index in [-0.39, 0.29) is 11.9 Å². The molecule has 1 aliphatic rings. The van der Waals surface area contributed by atoms with Crippen LogP contribution in [-0.2, 0) is 6.54 Å². The van der Waals surface area contributed by atoms with Gasteiger partial charge in [0.2, 0.25) is 0 Å². The standard InChI is InChI=1S/C27H28N6O3S/c1-18-12-33(16-28-18)24-9-19(13-32-7-3-6-22(14-32)31-27(35)36)8-23(11-24)30-26(34)21-5-2-4-20(10-21)25-15-37-17-29-25/h2,4-5,8-12,15-17,22,31H,3,6-7,13-14H2,1H3,(H,30,34)(H,35,36). The van der Waals surface area contributed by atoms with Crippen LogP contribution in [0.4, 0.5) is 10.5 Å². The SMILES string of the molecule is Cc1cn(-c2cc(CN3CCCC(NC(=O)O)C3)cc(NC(=O)c3cccc(-c4cscn4)c3)c2)cn1. The van der Waals surface area contributed by atoms with Crippen LogP contribution in [0.3, 0.4) is 0 Å². The van der Waals surface area contributed by atoms with Gasteiger partial charge in [-0.2, -0.15) is 0 Å². The van der Waals surface area contributed by atoms with Crippen LogP contribution >= 0.6 is 11.3 Å². The highest BCUT2D eigenvalue weighted by molar-refractivity contribution is 7.07. The van der Waals surface area contributed by atoms with E-state index in [1.54, 1.807) is 17.9 Å². The van der Waals surface area contributed by atoms with Gasteiger partial charge in [-0.05, 0) is 62.2 Å². The monoisotopic (exact) mass is 516 g/mol. The Labute approximate surface area is 218 Å². The van der Waals surface area contributed by atoms with Gasteiger partial charge in [0, 0.05) is 53.2 Å². The highest BCUT2D eigenvalue weighted by Gasteiger charge is 2.22. The molecule has 1 unspecified atom stereocenters. The van der Waals surface area contributed by atoms with Crippen LogP contribution in [-0.4, -0.2) is 55.7 Å². The lowest BCUT2D eigenvalue weighted by Crippen LogP contribution is -2.46. The number of hydrogen-bond acceptors (Lipinski definition) is 6. The van der Waals surface area contributed by atoms with Crippen LogP contribution in [0, 0.1) is 6.92 Å².